The first-order valence-corrected chi connectivity index (χ1v) is 6.94. The molecule has 2 aromatic heterocycles. The molecule has 1 amide bonds. The average Bonchev–Trinajstić information content (AvgIpc) is 2.95. The van der Waals surface area contributed by atoms with E-state index in [9.17, 15) is 4.79 Å². The second-order valence-corrected chi connectivity index (χ2v) is 5.00. The first-order chi connectivity index (χ1) is 9.17. The Labute approximate surface area is 119 Å². The van der Waals surface area contributed by atoms with Crippen molar-refractivity contribution >= 4 is 39.9 Å². The molecule has 2 heterocycles. The summed E-state index contributed by atoms with van der Waals surface area (Å²) in [6, 6.07) is 1.89. The maximum Gasteiger partial charge on any atom is 0.262 e. The Morgan fingerprint density at radius 2 is 2.53 bits per heavy atom. The summed E-state index contributed by atoms with van der Waals surface area (Å²) in [6.45, 7) is 2.48. The van der Waals surface area contributed by atoms with Gasteiger partial charge in [0.1, 0.15) is 11.6 Å². The van der Waals surface area contributed by atoms with E-state index >= 15 is 0 Å². The zero-order valence-corrected chi connectivity index (χ0v) is 11.8. The molecule has 0 saturated carbocycles. The molecule has 0 saturated heterocycles. The highest BCUT2D eigenvalue weighted by Crippen LogP contribution is 2.23. The summed E-state index contributed by atoms with van der Waals surface area (Å²) in [7, 11) is 0. The number of halogens is 1. The number of hydrogen-bond acceptors (Lipinski definition) is 4. The summed E-state index contributed by atoms with van der Waals surface area (Å²) in [6.07, 6.45) is 4.07. The molecule has 0 unspecified atom stereocenters. The molecule has 0 fully saturated rings. The van der Waals surface area contributed by atoms with E-state index in [4.69, 9.17) is 16.9 Å². The maximum absolute atomic E-state index is 11.8. The summed E-state index contributed by atoms with van der Waals surface area (Å²) in [5, 5.41) is 13.9. The van der Waals surface area contributed by atoms with Crippen molar-refractivity contribution in [2.45, 2.75) is 13.3 Å². The fraction of sp³-hybridized carbons (Fsp3) is 0.250. The van der Waals surface area contributed by atoms with Crippen molar-refractivity contribution < 1.29 is 4.79 Å². The van der Waals surface area contributed by atoms with E-state index in [2.05, 4.69) is 10.3 Å². The van der Waals surface area contributed by atoms with Gasteiger partial charge in [0.25, 0.3) is 5.91 Å². The number of carbonyl (C=O) groups is 1. The van der Waals surface area contributed by atoms with Gasteiger partial charge in [0.15, 0.2) is 10.1 Å². The summed E-state index contributed by atoms with van der Waals surface area (Å²) in [5.74, 6) is -0.398. The Bertz CT molecular complexity index is 680. The van der Waals surface area contributed by atoms with Gasteiger partial charge in [0.2, 0.25) is 0 Å². The van der Waals surface area contributed by atoms with Crippen LogP contribution in [0.4, 0.5) is 0 Å². The molecule has 98 valence electrons. The Balaban J connectivity index is 2.37. The second-order valence-electron chi connectivity index (χ2n) is 3.77. The van der Waals surface area contributed by atoms with E-state index in [1.165, 1.54) is 17.4 Å². The number of imidazole rings is 1. The Hall–Kier alpha value is -1.84. The molecular weight excluding hydrogens is 284 g/mol. The van der Waals surface area contributed by atoms with Crippen molar-refractivity contribution in [3.63, 3.8) is 0 Å². The van der Waals surface area contributed by atoms with Gasteiger partial charge in [-0.25, -0.2) is 4.98 Å². The molecule has 0 aliphatic carbocycles. The van der Waals surface area contributed by atoms with Gasteiger partial charge in [-0.3, -0.25) is 9.20 Å². The molecule has 0 radical (unpaired) electrons. The molecule has 0 aliphatic rings. The summed E-state index contributed by atoms with van der Waals surface area (Å²) in [5.41, 5.74) is 0.560. The highest BCUT2D eigenvalue weighted by atomic mass is 35.5. The first kappa shape index (κ1) is 13.6. The van der Waals surface area contributed by atoms with Gasteiger partial charge >= 0.3 is 0 Å². The third-order valence-electron chi connectivity index (χ3n) is 2.44. The van der Waals surface area contributed by atoms with E-state index in [0.717, 1.165) is 11.4 Å². The van der Waals surface area contributed by atoms with Crippen LogP contribution in [0.5, 0.6) is 0 Å². The van der Waals surface area contributed by atoms with Crippen molar-refractivity contribution in [2.24, 2.45) is 0 Å². The van der Waals surface area contributed by atoms with Gasteiger partial charge in [-0.05, 0) is 12.5 Å². The number of rotatable bonds is 4. The van der Waals surface area contributed by atoms with Crippen LogP contribution in [0.15, 0.2) is 17.2 Å². The minimum absolute atomic E-state index is 0.0170. The quantitative estimate of drug-likeness (QED) is 0.695. The number of nitrogens with zero attached hydrogens (tertiary/aromatic N) is 3. The first-order valence-electron chi connectivity index (χ1n) is 5.68. The topological polar surface area (TPSA) is 70.2 Å². The third-order valence-corrected chi connectivity index (χ3v) is 3.47. The lowest BCUT2D eigenvalue weighted by molar-refractivity contribution is -0.117. The maximum atomic E-state index is 11.8. The Morgan fingerprint density at radius 1 is 1.74 bits per heavy atom. The largest absolute Gasteiger partial charge is 0.351 e. The number of aromatic nitrogens is 2. The number of nitrogens with one attached hydrogen (secondary N) is 1. The fourth-order valence-electron chi connectivity index (χ4n) is 1.53. The minimum atomic E-state index is -0.398. The summed E-state index contributed by atoms with van der Waals surface area (Å²) >= 11 is 7.44. The average molecular weight is 295 g/mol. The number of fused-ring (bicyclic) bond motifs is 1. The van der Waals surface area contributed by atoms with Crippen molar-refractivity contribution in [1.29, 1.82) is 5.26 Å². The Kier molecular flexibility index (Phi) is 4.20. The van der Waals surface area contributed by atoms with Crippen molar-refractivity contribution in [2.75, 3.05) is 6.54 Å². The molecule has 2 rings (SSSR count). The molecule has 0 spiro atoms. The van der Waals surface area contributed by atoms with Crippen molar-refractivity contribution in [3.05, 3.63) is 28.0 Å². The number of hydrogen-bond donors (Lipinski definition) is 1. The van der Waals surface area contributed by atoms with E-state index in [0.29, 0.717) is 12.2 Å². The van der Waals surface area contributed by atoms with Crippen LogP contribution in [-0.4, -0.2) is 21.8 Å². The fourth-order valence-corrected chi connectivity index (χ4v) is 2.52. The molecule has 0 atom stereocenters. The van der Waals surface area contributed by atoms with Crippen LogP contribution in [0.25, 0.3) is 11.0 Å². The van der Waals surface area contributed by atoms with Gasteiger partial charge < -0.3 is 5.32 Å². The van der Waals surface area contributed by atoms with Crippen LogP contribution in [0.2, 0.25) is 5.15 Å². The number of carbonyl (C=O) groups excluding carboxylic acids is 1. The Morgan fingerprint density at radius 3 is 3.21 bits per heavy atom. The van der Waals surface area contributed by atoms with Gasteiger partial charge in [-0.15, -0.1) is 11.3 Å². The van der Waals surface area contributed by atoms with Crippen LogP contribution < -0.4 is 5.32 Å². The smallest absolute Gasteiger partial charge is 0.262 e. The standard InChI is InChI=1S/C12H11ClN4OS/c1-2-3-15-11(18)8(7-14)6-9-10(13)16-12-17(9)4-5-19-12/h4-6H,2-3H2,1H3,(H,15,18)/b8-6+. The lowest BCUT2D eigenvalue weighted by atomic mass is 10.2. The second kappa shape index (κ2) is 5.87. The lowest BCUT2D eigenvalue weighted by Crippen LogP contribution is -2.25. The van der Waals surface area contributed by atoms with Crippen LogP contribution in [0, 0.1) is 11.3 Å². The minimum Gasteiger partial charge on any atom is -0.351 e. The van der Waals surface area contributed by atoms with Crippen molar-refractivity contribution in [3.8, 4) is 6.07 Å². The zero-order chi connectivity index (χ0) is 13.8. The SMILES string of the molecule is CCCNC(=O)/C(C#N)=C/c1c(Cl)nc2sccn12. The van der Waals surface area contributed by atoms with E-state index in [1.54, 1.807) is 10.6 Å². The monoisotopic (exact) mass is 294 g/mol. The zero-order valence-electron chi connectivity index (χ0n) is 10.2. The summed E-state index contributed by atoms with van der Waals surface area (Å²) in [4.78, 5) is 16.6. The molecule has 0 aliphatic heterocycles. The summed E-state index contributed by atoms with van der Waals surface area (Å²) < 4.78 is 1.75. The van der Waals surface area contributed by atoms with Crippen molar-refractivity contribution in [1.82, 2.24) is 14.7 Å². The normalized spacial score (nSPS) is 11.5. The molecule has 1 N–H and O–H groups in total. The third kappa shape index (κ3) is 2.78. The van der Waals surface area contributed by atoms with Gasteiger partial charge in [0.05, 0.1) is 5.69 Å². The lowest BCUT2D eigenvalue weighted by Gasteiger charge is -2.01. The molecule has 7 heteroatoms. The molecule has 5 nitrogen and oxygen atoms in total. The number of amides is 1. The van der Waals surface area contributed by atoms with Gasteiger partial charge in [-0.2, -0.15) is 5.26 Å². The number of nitriles is 1. The molecule has 0 aromatic carbocycles. The molecule has 2 aromatic rings. The van der Waals surface area contributed by atoms with Gasteiger partial charge in [0, 0.05) is 18.1 Å². The van der Waals surface area contributed by atoms with Crippen LogP contribution >= 0.6 is 22.9 Å². The molecule has 19 heavy (non-hydrogen) atoms. The van der Waals surface area contributed by atoms with Gasteiger partial charge in [-0.1, -0.05) is 18.5 Å². The number of thiazole rings is 1. The van der Waals surface area contributed by atoms with E-state index in [1.807, 2.05) is 18.4 Å². The molecular formula is C12H11ClN4OS. The van der Waals surface area contributed by atoms with E-state index < -0.39 is 5.91 Å². The van der Waals surface area contributed by atoms with E-state index in [-0.39, 0.29) is 10.7 Å². The predicted octanol–water partition coefficient (Wildman–Crippen LogP) is 2.48. The van der Waals surface area contributed by atoms with Crippen LogP contribution in [-0.2, 0) is 4.79 Å². The predicted molar refractivity (Wildman–Crippen MR) is 75.0 cm³/mol. The highest BCUT2D eigenvalue weighted by Gasteiger charge is 2.13. The molecule has 0 bridgehead atoms. The van der Waals surface area contributed by atoms with Crippen LogP contribution in [0.1, 0.15) is 19.0 Å². The van der Waals surface area contributed by atoms with Crippen LogP contribution in [0.3, 0.4) is 0 Å². The highest BCUT2D eigenvalue weighted by molar-refractivity contribution is 7.15.